The third kappa shape index (κ3) is 2.22. The van der Waals surface area contributed by atoms with E-state index in [1.807, 2.05) is 54.6 Å². The van der Waals surface area contributed by atoms with Crippen LogP contribution in [0.2, 0.25) is 0 Å². The summed E-state index contributed by atoms with van der Waals surface area (Å²) in [4.78, 5) is 0. The Morgan fingerprint density at radius 2 is 1.45 bits per heavy atom. The molecule has 0 unspecified atom stereocenters. The number of para-hydroxylation sites is 2. The summed E-state index contributed by atoms with van der Waals surface area (Å²) in [7, 11) is 0. The van der Waals surface area contributed by atoms with Gasteiger partial charge in [-0.15, -0.1) is 25.5 Å². The van der Waals surface area contributed by atoms with E-state index in [2.05, 4.69) is 36.0 Å². The normalized spacial score (nSPS) is 10.7. The number of anilines is 2. The van der Waals surface area contributed by atoms with Crippen molar-refractivity contribution in [2.45, 2.75) is 0 Å². The van der Waals surface area contributed by atoms with Gasteiger partial charge < -0.3 is 5.32 Å². The SMILES string of the molecule is c1ccc(Nc2nnc(-n3nnc4ccccc43)nn2)cc1. The summed E-state index contributed by atoms with van der Waals surface area (Å²) in [5, 5.41) is 27.2. The fourth-order valence-corrected chi connectivity index (χ4v) is 2.03. The fourth-order valence-electron chi connectivity index (χ4n) is 2.03. The van der Waals surface area contributed by atoms with E-state index in [4.69, 9.17) is 0 Å². The zero-order chi connectivity index (χ0) is 14.8. The summed E-state index contributed by atoms with van der Waals surface area (Å²) in [5.74, 6) is 0.590. The molecule has 0 aliphatic rings. The van der Waals surface area contributed by atoms with Crippen molar-refractivity contribution in [2.75, 3.05) is 5.32 Å². The van der Waals surface area contributed by atoms with Gasteiger partial charge in [-0.25, -0.2) is 0 Å². The van der Waals surface area contributed by atoms with E-state index in [0.29, 0.717) is 5.95 Å². The number of nitrogens with one attached hydrogen (secondary N) is 1. The Morgan fingerprint density at radius 3 is 2.27 bits per heavy atom. The Hall–Kier alpha value is -3.42. The third-order valence-corrected chi connectivity index (χ3v) is 3.04. The van der Waals surface area contributed by atoms with Crippen LogP contribution in [-0.2, 0) is 0 Å². The molecule has 0 bridgehead atoms. The van der Waals surface area contributed by atoms with Crippen molar-refractivity contribution in [3.8, 4) is 5.95 Å². The first-order valence-electron chi connectivity index (χ1n) is 6.60. The minimum absolute atomic E-state index is 0.271. The first kappa shape index (κ1) is 12.3. The van der Waals surface area contributed by atoms with Gasteiger partial charge in [-0.2, -0.15) is 4.68 Å². The number of rotatable bonds is 3. The highest BCUT2D eigenvalue weighted by Gasteiger charge is 2.09. The van der Waals surface area contributed by atoms with Crippen molar-refractivity contribution < 1.29 is 0 Å². The van der Waals surface area contributed by atoms with Gasteiger partial charge >= 0.3 is 0 Å². The molecule has 0 aliphatic carbocycles. The van der Waals surface area contributed by atoms with Crippen molar-refractivity contribution in [2.24, 2.45) is 0 Å². The van der Waals surface area contributed by atoms with Crippen LogP contribution < -0.4 is 5.32 Å². The zero-order valence-corrected chi connectivity index (χ0v) is 11.3. The lowest BCUT2D eigenvalue weighted by molar-refractivity contribution is 0.718. The molecular weight excluding hydrogens is 280 g/mol. The molecule has 0 radical (unpaired) electrons. The summed E-state index contributed by atoms with van der Waals surface area (Å²) in [6, 6.07) is 17.1. The summed E-state index contributed by atoms with van der Waals surface area (Å²) in [6.07, 6.45) is 0. The van der Waals surface area contributed by atoms with E-state index in [1.54, 1.807) is 0 Å². The maximum absolute atomic E-state index is 4.05. The Morgan fingerprint density at radius 1 is 0.727 bits per heavy atom. The molecule has 2 aromatic carbocycles. The van der Waals surface area contributed by atoms with Gasteiger partial charge in [-0.3, -0.25) is 0 Å². The average Bonchev–Trinajstić information content (AvgIpc) is 3.01. The maximum atomic E-state index is 4.05. The highest BCUT2D eigenvalue weighted by molar-refractivity contribution is 5.75. The van der Waals surface area contributed by atoms with Crippen LogP contribution in [0.3, 0.4) is 0 Å². The number of fused-ring (bicyclic) bond motifs is 1. The van der Waals surface area contributed by atoms with Gasteiger partial charge in [0, 0.05) is 5.69 Å². The van der Waals surface area contributed by atoms with Gasteiger partial charge in [-0.1, -0.05) is 35.5 Å². The molecule has 1 N–H and O–H groups in total. The molecule has 2 aromatic heterocycles. The first-order chi connectivity index (χ1) is 10.9. The Kier molecular flexibility index (Phi) is 2.90. The van der Waals surface area contributed by atoms with Gasteiger partial charge in [0.25, 0.3) is 11.9 Å². The van der Waals surface area contributed by atoms with E-state index in [1.165, 1.54) is 4.68 Å². The van der Waals surface area contributed by atoms with Crippen molar-refractivity contribution in [3.05, 3.63) is 54.6 Å². The number of nitrogens with zero attached hydrogens (tertiary/aromatic N) is 7. The van der Waals surface area contributed by atoms with Crippen molar-refractivity contribution in [3.63, 3.8) is 0 Å². The Balaban J connectivity index is 1.64. The molecule has 8 nitrogen and oxygen atoms in total. The van der Waals surface area contributed by atoms with Crippen molar-refractivity contribution in [1.29, 1.82) is 0 Å². The second-order valence-electron chi connectivity index (χ2n) is 4.50. The fraction of sp³-hybridized carbons (Fsp3) is 0. The van der Waals surface area contributed by atoms with E-state index >= 15 is 0 Å². The zero-order valence-electron chi connectivity index (χ0n) is 11.3. The molecule has 0 amide bonds. The van der Waals surface area contributed by atoms with Crippen LogP contribution in [0.5, 0.6) is 0 Å². The van der Waals surface area contributed by atoms with Gasteiger partial charge in [-0.05, 0) is 24.3 Å². The molecule has 2 heterocycles. The van der Waals surface area contributed by atoms with E-state index < -0.39 is 0 Å². The quantitative estimate of drug-likeness (QED) is 0.614. The highest BCUT2D eigenvalue weighted by Crippen LogP contribution is 2.13. The van der Waals surface area contributed by atoms with Gasteiger partial charge in [0.05, 0.1) is 5.52 Å². The van der Waals surface area contributed by atoms with Crippen LogP contribution in [0.4, 0.5) is 11.6 Å². The standard InChI is InChI=1S/C14H10N8/c1-2-6-10(7-3-1)15-13-17-19-14(20-18-13)22-12-9-5-4-8-11(12)16-21-22/h1-9H,(H,15,17,18). The minimum Gasteiger partial charge on any atom is -0.322 e. The summed E-state index contributed by atoms with van der Waals surface area (Å²) in [5.41, 5.74) is 2.43. The van der Waals surface area contributed by atoms with Crippen LogP contribution >= 0.6 is 0 Å². The monoisotopic (exact) mass is 290 g/mol. The number of aromatic nitrogens is 7. The minimum atomic E-state index is 0.271. The molecule has 8 heteroatoms. The Bertz CT molecular complexity index is 901. The largest absolute Gasteiger partial charge is 0.322 e. The molecule has 0 spiro atoms. The number of hydrogen-bond acceptors (Lipinski definition) is 7. The molecule has 0 fully saturated rings. The van der Waals surface area contributed by atoms with Gasteiger partial charge in [0.15, 0.2) is 0 Å². The molecule has 4 aromatic rings. The average molecular weight is 290 g/mol. The molecule has 0 saturated heterocycles. The molecule has 0 saturated carbocycles. The van der Waals surface area contributed by atoms with Crippen LogP contribution in [0, 0.1) is 0 Å². The van der Waals surface area contributed by atoms with E-state index in [9.17, 15) is 0 Å². The first-order valence-corrected chi connectivity index (χ1v) is 6.60. The molecule has 0 atom stereocenters. The second-order valence-corrected chi connectivity index (χ2v) is 4.50. The van der Waals surface area contributed by atoms with Crippen LogP contribution in [0.1, 0.15) is 0 Å². The van der Waals surface area contributed by atoms with Crippen LogP contribution in [0.15, 0.2) is 54.6 Å². The summed E-state index contributed by atoms with van der Waals surface area (Å²) in [6.45, 7) is 0. The highest BCUT2D eigenvalue weighted by atomic mass is 15.5. The molecule has 0 aliphatic heterocycles. The molecular formula is C14H10N8. The van der Waals surface area contributed by atoms with Crippen LogP contribution in [0.25, 0.3) is 17.0 Å². The van der Waals surface area contributed by atoms with E-state index in [-0.39, 0.29) is 5.95 Å². The van der Waals surface area contributed by atoms with Gasteiger partial charge in [0.1, 0.15) is 5.52 Å². The smallest absolute Gasteiger partial charge is 0.291 e. The Labute approximate surface area is 124 Å². The molecule has 4 rings (SSSR count). The van der Waals surface area contributed by atoms with Crippen molar-refractivity contribution >= 4 is 22.7 Å². The van der Waals surface area contributed by atoms with E-state index in [0.717, 1.165) is 16.7 Å². The predicted octanol–water partition coefficient (Wildman–Crippen LogP) is 1.74. The molecule has 22 heavy (non-hydrogen) atoms. The van der Waals surface area contributed by atoms with Crippen molar-refractivity contribution in [1.82, 2.24) is 35.4 Å². The lowest BCUT2D eigenvalue weighted by Gasteiger charge is -2.03. The number of hydrogen-bond donors (Lipinski definition) is 1. The lowest BCUT2D eigenvalue weighted by atomic mass is 10.3. The topological polar surface area (TPSA) is 94.3 Å². The third-order valence-electron chi connectivity index (χ3n) is 3.04. The summed E-state index contributed by atoms with van der Waals surface area (Å²) >= 11 is 0. The molecule has 106 valence electrons. The predicted molar refractivity (Wildman–Crippen MR) is 79.8 cm³/mol. The second kappa shape index (κ2) is 5.17. The number of benzene rings is 2. The van der Waals surface area contributed by atoms with Gasteiger partial charge in [0.2, 0.25) is 0 Å². The maximum Gasteiger partial charge on any atom is 0.291 e. The lowest BCUT2D eigenvalue weighted by Crippen LogP contribution is -2.08. The van der Waals surface area contributed by atoms with Crippen LogP contribution in [-0.4, -0.2) is 35.4 Å². The summed E-state index contributed by atoms with van der Waals surface area (Å²) < 4.78 is 1.50.